The van der Waals surface area contributed by atoms with Gasteiger partial charge in [-0.25, -0.2) is 4.79 Å². The number of nitrogens with zero attached hydrogens (tertiary/aromatic N) is 1. The Balaban J connectivity index is 2.53. The van der Waals surface area contributed by atoms with E-state index in [1.54, 1.807) is 24.1 Å². The van der Waals surface area contributed by atoms with Gasteiger partial charge in [0.2, 0.25) is 5.71 Å². The van der Waals surface area contributed by atoms with Crippen LogP contribution in [-0.4, -0.2) is 37.3 Å². The molecule has 0 atom stereocenters. The van der Waals surface area contributed by atoms with Gasteiger partial charge in [-0.15, -0.1) is 11.8 Å². The molecule has 0 radical (unpaired) electrons. The Morgan fingerprint density at radius 1 is 1.40 bits per heavy atom. The van der Waals surface area contributed by atoms with Crippen LogP contribution in [0.25, 0.3) is 0 Å². The molecule has 0 amide bonds. The fraction of sp³-hybridized carbons (Fsp3) is 0.714. The highest BCUT2D eigenvalue weighted by Gasteiger charge is 2.22. The van der Waals surface area contributed by atoms with Crippen LogP contribution in [0.3, 0.4) is 0 Å². The van der Waals surface area contributed by atoms with Crippen LogP contribution in [-0.2, 0) is 19.1 Å². The van der Waals surface area contributed by atoms with Gasteiger partial charge in [0, 0.05) is 11.2 Å². The number of hydrogen-bond donors (Lipinski definition) is 0. The molecule has 0 aromatic heterocycles. The molecule has 0 aromatic rings. The van der Waals surface area contributed by atoms with Gasteiger partial charge in [0.1, 0.15) is 6.61 Å². The lowest BCUT2D eigenvalue weighted by Gasteiger charge is -2.15. The molecule has 0 spiro atoms. The van der Waals surface area contributed by atoms with E-state index >= 15 is 0 Å². The third kappa shape index (κ3) is 6.32. The van der Waals surface area contributed by atoms with Crippen LogP contribution in [0, 0.1) is 0 Å². The average molecular weight is 301 g/mol. The molecule has 0 unspecified atom stereocenters. The second-order valence-corrected chi connectivity index (χ2v) is 5.23. The number of ether oxygens (including phenoxy) is 2. The average Bonchev–Trinajstić information content (AvgIpc) is 2.47. The number of carbonyl (C=O) groups excluding carboxylic acids is 1. The second-order valence-electron chi connectivity index (χ2n) is 4.26. The summed E-state index contributed by atoms with van der Waals surface area (Å²) < 4.78 is 10.4. The normalized spacial score (nSPS) is 15.3. The molecule has 6 heteroatoms. The van der Waals surface area contributed by atoms with Crippen molar-refractivity contribution < 1.29 is 19.1 Å². The molecule has 0 saturated carbocycles. The molecule has 0 saturated heterocycles. The van der Waals surface area contributed by atoms with Crippen LogP contribution < -0.4 is 0 Å². The van der Waals surface area contributed by atoms with Crippen molar-refractivity contribution >= 4 is 23.4 Å². The van der Waals surface area contributed by atoms with Crippen molar-refractivity contribution in [1.82, 2.24) is 0 Å². The molecule has 0 bridgehead atoms. The van der Waals surface area contributed by atoms with E-state index < -0.39 is 5.97 Å². The number of hydrogen-bond acceptors (Lipinski definition) is 6. The van der Waals surface area contributed by atoms with Gasteiger partial charge < -0.3 is 14.3 Å². The van der Waals surface area contributed by atoms with Gasteiger partial charge in [0.15, 0.2) is 5.76 Å². The van der Waals surface area contributed by atoms with Gasteiger partial charge >= 0.3 is 5.97 Å². The number of oxime groups is 1. The molecule has 0 aliphatic carbocycles. The third-order valence-electron chi connectivity index (χ3n) is 2.60. The fourth-order valence-electron chi connectivity index (χ4n) is 1.58. The van der Waals surface area contributed by atoms with E-state index in [9.17, 15) is 4.79 Å². The topological polar surface area (TPSA) is 57.1 Å². The maximum Gasteiger partial charge on any atom is 0.364 e. The lowest BCUT2D eigenvalue weighted by Crippen LogP contribution is -2.23. The highest BCUT2D eigenvalue weighted by Crippen LogP contribution is 2.17. The first kappa shape index (κ1) is 16.9. The van der Waals surface area contributed by atoms with Crippen LogP contribution in [0.4, 0.5) is 0 Å². The lowest BCUT2D eigenvalue weighted by atomic mass is 10.2. The zero-order valence-electron chi connectivity index (χ0n) is 12.2. The number of esters is 1. The summed E-state index contributed by atoms with van der Waals surface area (Å²) in [4.78, 5) is 17.1. The molecule has 1 heterocycles. The van der Waals surface area contributed by atoms with E-state index in [4.69, 9.17) is 14.3 Å². The largest absolute Gasteiger partial charge is 0.489 e. The molecular weight excluding hydrogens is 278 g/mol. The van der Waals surface area contributed by atoms with Gasteiger partial charge in [-0.3, -0.25) is 0 Å². The van der Waals surface area contributed by atoms with Crippen LogP contribution in [0.2, 0.25) is 0 Å². The van der Waals surface area contributed by atoms with Crippen molar-refractivity contribution in [3.63, 3.8) is 0 Å². The quantitative estimate of drug-likeness (QED) is 0.283. The molecule has 1 rings (SSSR count). The summed E-state index contributed by atoms with van der Waals surface area (Å²) in [5.41, 5.74) is 0.120. The summed E-state index contributed by atoms with van der Waals surface area (Å²) in [5, 5.41) is 5.68. The first-order chi connectivity index (χ1) is 9.79. The zero-order valence-corrected chi connectivity index (χ0v) is 13.0. The van der Waals surface area contributed by atoms with Gasteiger partial charge in [-0.1, -0.05) is 24.9 Å². The molecular formula is C14H23NO4S. The standard InChI is InChI=1S/C14H23NO4S/c1-3-5-6-7-8-19-15-13(14(16)17-4-2)12-11-20-10-9-18-12/h11H,3-10H2,1-2H3. The van der Waals surface area contributed by atoms with Crippen molar-refractivity contribution in [3.05, 3.63) is 11.2 Å². The number of rotatable bonds is 9. The molecule has 0 N–H and O–H groups in total. The van der Waals surface area contributed by atoms with Crippen LogP contribution in [0.1, 0.15) is 39.5 Å². The SMILES string of the molecule is CCCCCCON=C(C(=O)OCC)C1=CSCCO1. The molecule has 1 aliphatic heterocycles. The van der Waals surface area contributed by atoms with Crippen molar-refractivity contribution in [2.75, 3.05) is 25.6 Å². The van der Waals surface area contributed by atoms with E-state index in [-0.39, 0.29) is 5.71 Å². The minimum atomic E-state index is -0.505. The van der Waals surface area contributed by atoms with E-state index in [1.165, 1.54) is 12.8 Å². The predicted molar refractivity (Wildman–Crippen MR) is 80.7 cm³/mol. The van der Waals surface area contributed by atoms with Crippen molar-refractivity contribution in [1.29, 1.82) is 0 Å². The number of thioether (sulfide) groups is 1. The summed E-state index contributed by atoms with van der Waals surface area (Å²) in [6, 6.07) is 0. The molecule has 0 aromatic carbocycles. The summed E-state index contributed by atoms with van der Waals surface area (Å²) in [6.07, 6.45) is 4.40. The highest BCUT2D eigenvalue weighted by atomic mass is 32.2. The second kappa shape index (κ2) is 10.6. The van der Waals surface area contributed by atoms with E-state index in [0.717, 1.165) is 18.6 Å². The van der Waals surface area contributed by atoms with E-state index in [0.29, 0.717) is 25.6 Å². The molecule has 1 aliphatic rings. The molecule has 0 fully saturated rings. The number of unbranched alkanes of at least 4 members (excludes halogenated alkanes) is 3. The fourth-order valence-corrected chi connectivity index (χ4v) is 2.21. The zero-order chi connectivity index (χ0) is 14.6. The maximum atomic E-state index is 11.8. The molecule has 114 valence electrons. The minimum absolute atomic E-state index is 0.120. The Bertz CT molecular complexity index is 355. The summed E-state index contributed by atoms with van der Waals surface area (Å²) in [7, 11) is 0. The maximum absolute atomic E-state index is 11.8. The minimum Gasteiger partial charge on any atom is -0.489 e. The van der Waals surface area contributed by atoms with Crippen molar-refractivity contribution in [3.8, 4) is 0 Å². The smallest absolute Gasteiger partial charge is 0.364 e. The van der Waals surface area contributed by atoms with E-state index in [2.05, 4.69) is 12.1 Å². The van der Waals surface area contributed by atoms with E-state index in [1.807, 2.05) is 0 Å². The highest BCUT2D eigenvalue weighted by molar-refractivity contribution is 8.02. The third-order valence-corrected chi connectivity index (χ3v) is 3.38. The Morgan fingerprint density at radius 3 is 2.90 bits per heavy atom. The summed E-state index contributed by atoms with van der Waals surface area (Å²) in [5.74, 6) is 0.806. The van der Waals surface area contributed by atoms with Crippen LogP contribution in [0.15, 0.2) is 16.3 Å². The Hall–Kier alpha value is -1.17. The van der Waals surface area contributed by atoms with Crippen molar-refractivity contribution in [2.45, 2.75) is 39.5 Å². The van der Waals surface area contributed by atoms with Gasteiger partial charge in [0.05, 0.1) is 13.2 Å². The first-order valence-electron chi connectivity index (χ1n) is 7.11. The predicted octanol–water partition coefficient (Wildman–Crippen LogP) is 3.11. The van der Waals surface area contributed by atoms with Crippen molar-refractivity contribution in [2.24, 2.45) is 5.16 Å². The summed E-state index contributed by atoms with van der Waals surface area (Å²) in [6.45, 7) is 5.28. The Labute approximate surface area is 124 Å². The van der Waals surface area contributed by atoms with Crippen LogP contribution >= 0.6 is 11.8 Å². The van der Waals surface area contributed by atoms with Gasteiger partial charge in [0.25, 0.3) is 0 Å². The first-order valence-corrected chi connectivity index (χ1v) is 8.16. The summed E-state index contributed by atoms with van der Waals surface area (Å²) >= 11 is 1.59. The number of carbonyl (C=O) groups is 1. The van der Waals surface area contributed by atoms with Crippen LogP contribution in [0.5, 0.6) is 0 Å². The molecule has 20 heavy (non-hydrogen) atoms. The Kier molecular flexibility index (Phi) is 8.95. The van der Waals surface area contributed by atoms with Gasteiger partial charge in [-0.2, -0.15) is 0 Å². The lowest BCUT2D eigenvalue weighted by molar-refractivity contribution is -0.135. The Morgan fingerprint density at radius 2 is 2.25 bits per heavy atom. The monoisotopic (exact) mass is 301 g/mol. The molecule has 5 nitrogen and oxygen atoms in total. The van der Waals surface area contributed by atoms with Gasteiger partial charge in [-0.05, 0) is 19.8 Å².